The molecule has 0 aliphatic heterocycles. The van der Waals surface area contributed by atoms with Gasteiger partial charge in [0.1, 0.15) is 12.4 Å². The molecule has 0 unspecified atom stereocenters. The van der Waals surface area contributed by atoms with Crippen LogP contribution in [-0.2, 0) is 16.4 Å². The molecule has 1 aromatic carbocycles. The highest BCUT2D eigenvalue weighted by Crippen LogP contribution is 2.29. The Bertz CT molecular complexity index is 529. The van der Waals surface area contributed by atoms with Crippen LogP contribution in [0.25, 0.3) is 0 Å². The molecular formula is C14H22BrNO3S. The third-order valence-electron chi connectivity index (χ3n) is 2.62. The van der Waals surface area contributed by atoms with Crippen molar-refractivity contribution in [2.75, 3.05) is 25.2 Å². The number of para-hydroxylation sites is 1. The third kappa shape index (κ3) is 6.72. The van der Waals surface area contributed by atoms with E-state index < -0.39 is 9.84 Å². The summed E-state index contributed by atoms with van der Waals surface area (Å²) >= 11 is 3.45. The molecule has 0 heterocycles. The van der Waals surface area contributed by atoms with Crippen molar-refractivity contribution in [2.45, 2.75) is 20.4 Å². The highest BCUT2D eigenvalue weighted by atomic mass is 79.9. The molecule has 4 nitrogen and oxygen atoms in total. The third-order valence-corrected chi connectivity index (χ3v) is 4.15. The molecule has 0 bridgehead atoms. The summed E-state index contributed by atoms with van der Waals surface area (Å²) in [5.41, 5.74) is 1.02. The fourth-order valence-corrected chi connectivity index (χ4v) is 2.55. The molecule has 6 heteroatoms. The Hall–Kier alpha value is -0.590. The molecule has 1 N–H and O–H groups in total. The second-order valence-corrected chi connectivity index (χ2v) is 8.35. The Kier molecular flexibility index (Phi) is 6.99. The molecule has 0 atom stereocenters. The van der Waals surface area contributed by atoms with Gasteiger partial charge in [-0.25, -0.2) is 8.42 Å². The van der Waals surface area contributed by atoms with E-state index in [0.29, 0.717) is 18.2 Å². The smallest absolute Gasteiger partial charge is 0.150 e. The van der Waals surface area contributed by atoms with E-state index in [-0.39, 0.29) is 12.4 Å². The average Bonchev–Trinajstić information content (AvgIpc) is 2.30. The van der Waals surface area contributed by atoms with Crippen LogP contribution in [0.3, 0.4) is 0 Å². The minimum absolute atomic E-state index is 0.0210. The van der Waals surface area contributed by atoms with E-state index in [2.05, 4.69) is 35.1 Å². The van der Waals surface area contributed by atoms with Crippen molar-refractivity contribution in [3.63, 3.8) is 0 Å². The molecule has 0 radical (unpaired) electrons. The first kappa shape index (κ1) is 17.5. The van der Waals surface area contributed by atoms with Crippen LogP contribution in [0.4, 0.5) is 0 Å². The summed E-state index contributed by atoms with van der Waals surface area (Å²) < 4.78 is 28.7. The van der Waals surface area contributed by atoms with E-state index in [1.807, 2.05) is 18.2 Å². The Morgan fingerprint density at radius 3 is 2.65 bits per heavy atom. The summed E-state index contributed by atoms with van der Waals surface area (Å²) in [6, 6.07) is 5.81. The predicted molar refractivity (Wildman–Crippen MR) is 85.9 cm³/mol. The van der Waals surface area contributed by atoms with Crippen LogP contribution < -0.4 is 10.1 Å². The normalized spacial score (nSPS) is 11.8. The van der Waals surface area contributed by atoms with Crippen LogP contribution in [0, 0.1) is 5.92 Å². The van der Waals surface area contributed by atoms with Crippen molar-refractivity contribution in [2.24, 2.45) is 5.92 Å². The van der Waals surface area contributed by atoms with Crippen LogP contribution in [0.1, 0.15) is 19.4 Å². The van der Waals surface area contributed by atoms with Gasteiger partial charge in [0.25, 0.3) is 0 Å². The maximum Gasteiger partial charge on any atom is 0.150 e. The van der Waals surface area contributed by atoms with E-state index in [1.54, 1.807) is 0 Å². The Morgan fingerprint density at radius 1 is 1.35 bits per heavy atom. The van der Waals surface area contributed by atoms with Crippen molar-refractivity contribution >= 4 is 25.8 Å². The zero-order chi connectivity index (χ0) is 15.2. The van der Waals surface area contributed by atoms with Gasteiger partial charge < -0.3 is 10.1 Å². The summed E-state index contributed by atoms with van der Waals surface area (Å²) in [6.45, 7) is 6.09. The molecule has 0 aromatic heterocycles. The highest BCUT2D eigenvalue weighted by Gasteiger charge is 2.10. The molecule has 0 spiro atoms. The standard InChI is InChI=1S/C14H22BrNO3S/c1-11(2)9-16-10-12-5-4-6-13(15)14(12)19-7-8-20(3,17)18/h4-6,11,16H,7-10H2,1-3H3. The van der Waals surface area contributed by atoms with E-state index in [1.165, 1.54) is 6.26 Å². The van der Waals surface area contributed by atoms with Gasteiger partial charge in [-0.2, -0.15) is 0 Å². The number of benzene rings is 1. The number of ether oxygens (including phenoxy) is 1. The zero-order valence-corrected chi connectivity index (χ0v) is 14.6. The number of halogens is 1. The van der Waals surface area contributed by atoms with E-state index in [4.69, 9.17) is 4.74 Å². The second-order valence-electron chi connectivity index (χ2n) is 5.23. The SMILES string of the molecule is CC(C)CNCc1cccc(Br)c1OCCS(C)(=O)=O. The molecule has 0 amide bonds. The molecule has 0 aliphatic carbocycles. The molecule has 0 aliphatic rings. The maximum absolute atomic E-state index is 11.1. The first-order valence-electron chi connectivity index (χ1n) is 6.58. The van der Waals surface area contributed by atoms with Crippen LogP contribution in [0.15, 0.2) is 22.7 Å². The lowest BCUT2D eigenvalue weighted by Gasteiger charge is -2.14. The summed E-state index contributed by atoms with van der Waals surface area (Å²) in [4.78, 5) is 0. The quantitative estimate of drug-likeness (QED) is 0.771. The maximum atomic E-state index is 11.1. The number of sulfone groups is 1. The molecule has 0 fully saturated rings. The van der Waals surface area contributed by atoms with Crippen LogP contribution in [-0.4, -0.2) is 33.6 Å². The number of hydrogen-bond acceptors (Lipinski definition) is 4. The number of nitrogens with one attached hydrogen (secondary N) is 1. The predicted octanol–water partition coefficient (Wildman–Crippen LogP) is 2.62. The Morgan fingerprint density at radius 2 is 2.05 bits per heavy atom. The largest absolute Gasteiger partial charge is 0.491 e. The molecule has 0 saturated heterocycles. The van der Waals surface area contributed by atoms with Crippen molar-refractivity contribution < 1.29 is 13.2 Å². The van der Waals surface area contributed by atoms with E-state index in [0.717, 1.165) is 16.6 Å². The van der Waals surface area contributed by atoms with Crippen LogP contribution in [0.2, 0.25) is 0 Å². The van der Waals surface area contributed by atoms with Crippen LogP contribution in [0.5, 0.6) is 5.75 Å². The second kappa shape index (κ2) is 8.00. The molecule has 1 aromatic rings. The van der Waals surface area contributed by atoms with Gasteiger partial charge in [-0.05, 0) is 34.5 Å². The average molecular weight is 364 g/mol. The van der Waals surface area contributed by atoms with E-state index in [9.17, 15) is 8.42 Å². The Balaban J connectivity index is 2.67. The molecule has 114 valence electrons. The van der Waals surface area contributed by atoms with Crippen molar-refractivity contribution in [1.29, 1.82) is 0 Å². The summed E-state index contributed by atoms with van der Waals surface area (Å²) in [5, 5.41) is 3.36. The first-order valence-corrected chi connectivity index (χ1v) is 9.43. The lowest BCUT2D eigenvalue weighted by molar-refractivity contribution is 0.334. The van der Waals surface area contributed by atoms with Gasteiger partial charge in [-0.1, -0.05) is 26.0 Å². The van der Waals surface area contributed by atoms with Gasteiger partial charge in [-0.3, -0.25) is 0 Å². The summed E-state index contributed by atoms with van der Waals surface area (Å²) in [5.74, 6) is 1.32. The monoisotopic (exact) mass is 363 g/mol. The fraction of sp³-hybridized carbons (Fsp3) is 0.571. The van der Waals surface area contributed by atoms with Crippen LogP contribution >= 0.6 is 15.9 Å². The molecule has 1 rings (SSSR count). The first-order chi connectivity index (χ1) is 9.29. The lowest BCUT2D eigenvalue weighted by atomic mass is 10.2. The minimum atomic E-state index is -3.00. The van der Waals surface area contributed by atoms with Crippen molar-refractivity contribution in [3.05, 3.63) is 28.2 Å². The summed E-state index contributed by atoms with van der Waals surface area (Å²) in [6.07, 6.45) is 1.21. The summed E-state index contributed by atoms with van der Waals surface area (Å²) in [7, 11) is -3.00. The topological polar surface area (TPSA) is 55.4 Å². The zero-order valence-electron chi connectivity index (χ0n) is 12.1. The van der Waals surface area contributed by atoms with Gasteiger partial charge in [0, 0.05) is 18.4 Å². The minimum Gasteiger partial charge on any atom is -0.491 e. The number of hydrogen-bond donors (Lipinski definition) is 1. The van der Waals surface area contributed by atoms with E-state index >= 15 is 0 Å². The van der Waals surface area contributed by atoms with Crippen molar-refractivity contribution in [3.8, 4) is 5.75 Å². The van der Waals surface area contributed by atoms with Crippen molar-refractivity contribution in [1.82, 2.24) is 5.32 Å². The molecule has 0 saturated carbocycles. The van der Waals surface area contributed by atoms with Gasteiger partial charge in [0.15, 0.2) is 9.84 Å². The van der Waals surface area contributed by atoms with Gasteiger partial charge >= 0.3 is 0 Å². The van der Waals surface area contributed by atoms with Gasteiger partial charge in [0.2, 0.25) is 0 Å². The molecule has 20 heavy (non-hydrogen) atoms. The van der Waals surface area contributed by atoms with Gasteiger partial charge in [0.05, 0.1) is 10.2 Å². The number of rotatable bonds is 8. The Labute approximate surface area is 130 Å². The molecular weight excluding hydrogens is 342 g/mol. The fourth-order valence-electron chi connectivity index (χ4n) is 1.64. The highest BCUT2D eigenvalue weighted by molar-refractivity contribution is 9.10. The van der Waals surface area contributed by atoms with Gasteiger partial charge in [-0.15, -0.1) is 0 Å². The lowest BCUT2D eigenvalue weighted by Crippen LogP contribution is -2.20.